The second-order valence-corrected chi connectivity index (χ2v) is 9.14. The summed E-state index contributed by atoms with van der Waals surface area (Å²) in [6, 6.07) is 16.3. The number of methoxy groups -OCH3 is 2. The highest BCUT2D eigenvalue weighted by atomic mass is 127. The third kappa shape index (κ3) is 5.14. The number of anilines is 1. The number of rotatable bonds is 7. The highest BCUT2D eigenvalue weighted by molar-refractivity contribution is 14.1. The van der Waals surface area contributed by atoms with Crippen molar-refractivity contribution in [3.63, 3.8) is 0 Å². The van der Waals surface area contributed by atoms with E-state index in [2.05, 4.69) is 22.6 Å². The Morgan fingerprint density at radius 1 is 1.00 bits per heavy atom. The first-order valence-electron chi connectivity index (χ1n) is 10.7. The number of benzene rings is 3. The highest BCUT2D eigenvalue weighted by Crippen LogP contribution is 2.31. The van der Waals surface area contributed by atoms with Gasteiger partial charge in [0.15, 0.2) is 11.5 Å². The fraction of sp³-hybridized carbons (Fsp3) is 0.192. The van der Waals surface area contributed by atoms with E-state index in [0.29, 0.717) is 22.7 Å². The van der Waals surface area contributed by atoms with Crippen molar-refractivity contribution in [1.82, 2.24) is 4.90 Å². The van der Waals surface area contributed by atoms with Gasteiger partial charge in [-0.15, -0.1) is 0 Å². The maximum Gasteiger partial charge on any atom is 0.257 e. The molecule has 9 heteroatoms. The van der Waals surface area contributed by atoms with Crippen LogP contribution in [0.15, 0.2) is 66.7 Å². The Balaban J connectivity index is 1.71. The highest BCUT2D eigenvalue weighted by Gasteiger charge is 2.44. The van der Waals surface area contributed by atoms with E-state index >= 15 is 0 Å². The molecule has 1 aliphatic heterocycles. The Kier molecular flexibility index (Phi) is 7.34. The predicted molar refractivity (Wildman–Crippen MR) is 136 cm³/mol. The summed E-state index contributed by atoms with van der Waals surface area (Å²) in [7, 11) is 2.95. The Labute approximate surface area is 215 Å². The molecule has 4 rings (SSSR count). The zero-order valence-electron chi connectivity index (χ0n) is 19.0. The summed E-state index contributed by atoms with van der Waals surface area (Å²) in [5.74, 6) is -0.965. The zero-order valence-corrected chi connectivity index (χ0v) is 21.2. The molecule has 1 unspecified atom stereocenters. The second kappa shape index (κ2) is 10.4. The molecule has 0 saturated carbocycles. The molecule has 0 spiro atoms. The van der Waals surface area contributed by atoms with E-state index < -0.39 is 29.6 Å². The van der Waals surface area contributed by atoms with Gasteiger partial charge in [0, 0.05) is 15.7 Å². The topological polar surface area (TPSA) is 76.2 Å². The number of hydrogen-bond donors (Lipinski definition) is 0. The van der Waals surface area contributed by atoms with E-state index in [9.17, 15) is 18.8 Å². The van der Waals surface area contributed by atoms with Crippen LogP contribution in [0.25, 0.3) is 0 Å². The largest absolute Gasteiger partial charge is 0.493 e. The van der Waals surface area contributed by atoms with Gasteiger partial charge in [-0.25, -0.2) is 9.29 Å². The molecule has 0 radical (unpaired) electrons. The summed E-state index contributed by atoms with van der Waals surface area (Å²) in [6.45, 7) is 0.0116. The van der Waals surface area contributed by atoms with Crippen molar-refractivity contribution < 1.29 is 28.2 Å². The normalized spacial score (nSPS) is 15.3. The molecule has 1 aliphatic rings. The van der Waals surface area contributed by atoms with Gasteiger partial charge >= 0.3 is 0 Å². The molecule has 180 valence electrons. The number of hydrogen-bond acceptors (Lipinski definition) is 5. The fourth-order valence-corrected chi connectivity index (χ4v) is 4.33. The molecule has 0 aromatic heterocycles. The predicted octanol–water partition coefficient (Wildman–Crippen LogP) is 4.42. The number of amides is 3. The van der Waals surface area contributed by atoms with Crippen LogP contribution in [0.2, 0.25) is 0 Å². The molecule has 0 bridgehead atoms. The number of carbonyl (C=O) groups is 3. The SMILES string of the molecule is COc1ccc(C(=O)N(Cc2ccc(F)cc2)C2CC(=O)N(c3ccc(I)cc3)C2=O)cc1OC. The van der Waals surface area contributed by atoms with Crippen LogP contribution in [0.3, 0.4) is 0 Å². The molecule has 0 aliphatic carbocycles. The van der Waals surface area contributed by atoms with Crippen LogP contribution in [0, 0.1) is 9.39 Å². The third-order valence-electron chi connectivity index (χ3n) is 5.74. The van der Waals surface area contributed by atoms with Crippen molar-refractivity contribution in [2.45, 2.75) is 19.0 Å². The number of carbonyl (C=O) groups excluding carboxylic acids is 3. The van der Waals surface area contributed by atoms with E-state index in [4.69, 9.17) is 9.47 Å². The average Bonchev–Trinajstić information content (AvgIpc) is 3.16. The van der Waals surface area contributed by atoms with Gasteiger partial charge < -0.3 is 14.4 Å². The van der Waals surface area contributed by atoms with Crippen LogP contribution < -0.4 is 14.4 Å². The molecular formula is C26H22FIN2O5. The minimum absolute atomic E-state index is 0.0116. The Bertz CT molecular complexity index is 1260. The van der Waals surface area contributed by atoms with Gasteiger partial charge in [0.2, 0.25) is 5.91 Å². The number of halogens is 2. The summed E-state index contributed by atoms with van der Waals surface area (Å²) in [5.41, 5.74) is 1.33. The zero-order chi connectivity index (χ0) is 25.1. The van der Waals surface area contributed by atoms with Crippen molar-refractivity contribution in [1.29, 1.82) is 0 Å². The lowest BCUT2D eigenvalue weighted by atomic mass is 10.1. The molecule has 1 atom stereocenters. The number of nitrogens with zero attached hydrogens (tertiary/aromatic N) is 2. The maximum absolute atomic E-state index is 13.7. The van der Waals surface area contributed by atoms with Gasteiger partial charge in [0.05, 0.1) is 26.3 Å². The first kappa shape index (κ1) is 24.6. The lowest BCUT2D eigenvalue weighted by molar-refractivity contribution is -0.122. The Morgan fingerprint density at radius 3 is 2.29 bits per heavy atom. The molecular weight excluding hydrogens is 566 g/mol. The Hall–Kier alpha value is -3.47. The molecule has 3 aromatic carbocycles. The molecule has 3 aromatic rings. The molecule has 1 heterocycles. The quantitative estimate of drug-likeness (QED) is 0.302. The van der Waals surface area contributed by atoms with E-state index in [1.807, 2.05) is 0 Å². The van der Waals surface area contributed by atoms with Gasteiger partial charge in [-0.1, -0.05) is 12.1 Å². The van der Waals surface area contributed by atoms with Gasteiger partial charge in [-0.3, -0.25) is 14.4 Å². The first-order valence-corrected chi connectivity index (χ1v) is 11.8. The van der Waals surface area contributed by atoms with E-state index in [-0.39, 0.29) is 18.5 Å². The molecule has 7 nitrogen and oxygen atoms in total. The molecule has 1 fully saturated rings. The summed E-state index contributed by atoms with van der Waals surface area (Å²) in [6.07, 6.45) is -0.162. The minimum Gasteiger partial charge on any atom is -0.493 e. The van der Waals surface area contributed by atoms with Crippen LogP contribution >= 0.6 is 22.6 Å². The summed E-state index contributed by atoms with van der Waals surface area (Å²) >= 11 is 2.14. The molecule has 0 N–H and O–H groups in total. The standard InChI is InChI=1S/C26H22FIN2O5/c1-34-22-12-5-17(13-23(22)35-2)25(32)29(15-16-3-6-18(27)7-4-16)21-14-24(31)30(26(21)33)20-10-8-19(28)9-11-20/h3-13,21H,14-15H2,1-2H3. The number of ether oxygens (including phenoxy) is 2. The molecule has 35 heavy (non-hydrogen) atoms. The van der Waals surface area contributed by atoms with Crippen molar-refractivity contribution in [2.24, 2.45) is 0 Å². The van der Waals surface area contributed by atoms with E-state index in [1.54, 1.807) is 48.5 Å². The van der Waals surface area contributed by atoms with Crippen molar-refractivity contribution in [3.05, 3.63) is 87.2 Å². The monoisotopic (exact) mass is 588 g/mol. The van der Waals surface area contributed by atoms with E-state index in [1.165, 1.54) is 37.3 Å². The van der Waals surface area contributed by atoms with Crippen molar-refractivity contribution in [2.75, 3.05) is 19.1 Å². The Morgan fingerprint density at radius 2 is 1.66 bits per heavy atom. The van der Waals surface area contributed by atoms with E-state index in [0.717, 1.165) is 8.47 Å². The fourth-order valence-electron chi connectivity index (χ4n) is 3.97. The molecule has 1 saturated heterocycles. The summed E-state index contributed by atoms with van der Waals surface area (Å²) < 4.78 is 25.0. The van der Waals surface area contributed by atoms with Gasteiger partial charge in [0.25, 0.3) is 11.8 Å². The van der Waals surface area contributed by atoms with Crippen LogP contribution in [-0.4, -0.2) is 42.9 Å². The second-order valence-electron chi connectivity index (χ2n) is 7.89. The van der Waals surface area contributed by atoms with Gasteiger partial charge in [-0.2, -0.15) is 0 Å². The van der Waals surface area contributed by atoms with Crippen LogP contribution in [0.1, 0.15) is 22.3 Å². The minimum atomic E-state index is -1.02. The number of imide groups is 1. The van der Waals surface area contributed by atoms with Crippen LogP contribution in [0.5, 0.6) is 11.5 Å². The van der Waals surface area contributed by atoms with Crippen molar-refractivity contribution in [3.8, 4) is 11.5 Å². The van der Waals surface area contributed by atoms with Crippen LogP contribution in [-0.2, 0) is 16.1 Å². The van der Waals surface area contributed by atoms with Gasteiger partial charge in [-0.05, 0) is 82.8 Å². The summed E-state index contributed by atoms with van der Waals surface area (Å²) in [4.78, 5) is 42.5. The first-order chi connectivity index (χ1) is 16.8. The molecule has 3 amide bonds. The lowest BCUT2D eigenvalue weighted by Gasteiger charge is -2.28. The maximum atomic E-state index is 13.7. The lowest BCUT2D eigenvalue weighted by Crippen LogP contribution is -2.45. The third-order valence-corrected chi connectivity index (χ3v) is 6.46. The van der Waals surface area contributed by atoms with Crippen molar-refractivity contribution >= 4 is 46.0 Å². The van der Waals surface area contributed by atoms with Gasteiger partial charge in [0.1, 0.15) is 11.9 Å². The summed E-state index contributed by atoms with van der Waals surface area (Å²) in [5, 5.41) is 0. The smallest absolute Gasteiger partial charge is 0.257 e. The van der Waals surface area contributed by atoms with Crippen LogP contribution in [0.4, 0.5) is 10.1 Å². The average molecular weight is 588 g/mol.